The molecule has 2 rings (SSSR count). The number of rotatable bonds is 7. The SMILES string of the molecule is COc1cc(OC)c(C=CC(=O)c2ccc([N+](=O)[O-])cc2)c(OC)c1. The van der Waals surface area contributed by atoms with Crippen LogP contribution >= 0.6 is 0 Å². The van der Waals surface area contributed by atoms with E-state index in [-0.39, 0.29) is 11.5 Å². The summed E-state index contributed by atoms with van der Waals surface area (Å²) >= 11 is 0. The first kappa shape index (κ1) is 18.0. The average molecular weight is 343 g/mol. The summed E-state index contributed by atoms with van der Waals surface area (Å²) < 4.78 is 15.8. The van der Waals surface area contributed by atoms with Gasteiger partial charge in [0.1, 0.15) is 17.2 Å². The number of allylic oxidation sites excluding steroid dienone is 1. The second kappa shape index (κ2) is 7.96. The van der Waals surface area contributed by atoms with E-state index < -0.39 is 4.92 Å². The molecule has 0 radical (unpaired) electrons. The van der Waals surface area contributed by atoms with Crippen molar-refractivity contribution >= 4 is 17.5 Å². The van der Waals surface area contributed by atoms with E-state index in [0.29, 0.717) is 28.4 Å². The molecule has 0 fully saturated rings. The van der Waals surface area contributed by atoms with Crippen LogP contribution < -0.4 is 14.2 Å². The monoisotopic (exact) mass is 343 g/mol. The van der Waals surface area contributed by atoms with Crippen molar-refractivity contribution in [3.05, 3.63) is 63.7 Å². The molecular weight excluding hydrogens is 326 g/mol. The first-order valence-corrected chi connectivity index (χ1v) is 7.27. The first-order valence-electron chi connectivity index (χ1n) is 7.27. The van der Waals surface area contributed by atoms with Gasteiger partial charge in [-0.15, -0.1) is 0 Å². The van der Waals surface area contributed by atoms with E-state index in [9.17, 15) is 14.9 Å². The molecule has 0 amide bonds. The molecule has 0 aliphatic rings. The maximum atomic E-state index is 12.3. The Morgan fingerprint density at radius 1 is 1.00 bits per heavy atom. The second-order valence-corrected chi connectivity index (χ2v) is 4.95. The van der Waals surface area contributed by atoms with Crippen molar-refractivity contribution in [1.29, 1.82) is 0 Å². The number of carbonyl (C=O) groups excluding carboxylic acids is 1. The number of methoxy groups -OCH3 is 3. The minimum absolute atomic E-state index is 0.0703. The fraction of sp³-hybridized carbons (Fsp3) is 0.167. The Bertz CT molecular complexity index is 786. The molecule has 0 N–H and O–H groups in total. The van der Waals surface area contributed by atoms with Crippen LogP contribution in [0.15, 0.2) is 42.5 Å². The predicted molar refractivity (Wildman–Crippen MR) is 92.6 cm³/mol. The third-order valence-electron chi connectivity index (χ3n) is 3.52. The minimum Gasteiger partial charge on any atom is -0.496 e. The Morgan fingerprint density at radius 3 is 2.00 bits per heavy atom. The zero-order valence-corrected chi connectivity index (χ0v) is 14.0. The zero-order chi connectivity index (χ0) is 18.4. The van der Waals surface area contributed by atoms with Crippen LogP contribution in [-0.4, -0.2) is 32.0 Å². The number of hydrogen-bond acceptors (Lipinski definition) is 6. The summed E-state index contributed by atoms with van der Waals surface area (Å²) in [6.07, 6.45) is 2.93. The van der Waals surface area contributed by atoms with Gasteiger partial charge in [-0.2, -0.15) is 0 Å². The zero-order valence-electron chi connectivity index (χ0n) is 14.0. The molecule has 0 bridgehead atoms. The molecule has 0 saturated carbocycles. The highest BCUT2D eigenvalue weighted by molar-refractivity contribution is 6.07. The molecule has 2 aromatic carbocycles. The lowest BCUT2D eigenvalue weighted by Crippen LogP contribution is -1.97. The van der Waals surface area contributed by atoms with Crippen molar-refractivity contribution in [3.8, 4) is 17.2 Å². The standard InChI is InChI=1S/C18H17NO6/c1-23-14-10-17(24-2)15(18(11-14)25-3)8-9-16(20)12-4-6-13(7-5-12)19(21)22/h4-11H,1-3H3. The highest BCUT2D eigenvalue weighted by Gasteiger charge is 2.12. The van der Waals surface area contributed by atoms with Gasteiger partial charge in [-0.1, -0.05) is 0 Å². The minimum atomic E-state index is -0.517. The van der Waals surface area contributed by atoms with Crippen molar-refractivity contribution < 1.29 is 23.9 Å². The van der Waals surface area contributed by atoms with E-state index >= 15 is 0 Å². The van der Waals surface area contributed by atoms with Gasteiger partial charge in [0.25, 0.3) is 5.69 Å². The van der Waals surface area contributed by atoms with Gasteiger partial charge in [-0.25, -0.2) is 0 Å². The number of benzene rings is 2. The molecule has 130 valence electrons. The van der Waals surface area contributed by atoms with Crippen molar-refractivity contribution in [2.24, 2.45) is 0 Å². The van der Waals surface area contributed by atoms with Gasteiger partial charge in [-0.3, -0.25) is 14.9 Å². The van der Waals surface area contributed by atoms with Crippen molar-refractivity contribution in [2.45, 2.75) is 0 Å². The van der Waals surface area contributed by atoms with Crippen LogP contribution in [0.1, 0.15) is 15.9 Å². The van der Waals surface area contributed by atoms with E-state index in [1.807, 2.05) is 0 Å². The summed E-state index contributed by atoms with van der Waals surface area (Å²) in [4.78, 5) is 22.4. The van der Waals surface area contributed by atoms with Gasteiger partial charge in [0.2, 0.25) is 0 Å². The summed E-state index contributed by atoms with van der Waals surface area (Å²) in [5, 5.41) is 10.7. The summed E-state index contributed by atoms with van der Waals surface area (Å²) in [7, 11) is 4.54. The lowest BCUT2D eigenvalue weighted by Gasteiger charge is -2.12. The lowest BCUT2D eigenvalue weighted by molar-refractivity contribution is -0.384. The van der Waals surface area contributed by atoms with Crippen LogP contribution in [0.5, 0.6) is 17.2 Å². The quantitative estimate of drug-likeness (QED) is 0.331. The molecule has 0 unspecified atom stereocenters. The number of ether oxygens (including phenoxy) is 3. The first-order chi connectivity index (χ1) is 12.0. The average Bonchev–Trinajstić information content (AvgIpc) is 2.65. The van der Waals surface area contributed by atoms with Crippen molar-refractivity contribution in [3.63, 3.8) is 0 Å². The van der Waals surface area contributed by atoms with Crippen LogP contribution in [0.25, 0.3) is 6.08 Å². The van der Waals surface area contributed by atoms with Crippen LogP contribution in [-0.2, 0) is 0 Å². The number of nitro benzene ring substituents is 1. The Balaban J connectivity index is 2.31. The molecular formula is C18H17NO6. The van der Waals surface area contributed by atoms with Crippen LogP contribution in [0.3, 0.4) is 0 Å². The molecule has 2 aromatic rings. The number of hydrogen-bond donors (Lipinski definition) is 0. The van der Waals surface area contributed by atoms with E-state index in [1.165, 1.54) is 51.7 Å². The predicted octanol–water partition coefficient (Wildman–Crippen LogP) is 3.52. The number of nitrogens with zero attached hydrogens (tertiary/aromatic N) is 1. The molecule has 25 heavy (non-hydrogen) atoms. The Kier molecular flexibility index (Phi) is 5.73. The second-order valence-electron chi connectivity index (χ2n) is 4.95. The fourth-order valence-corrected chi connectivity index (χ4v) is 2.20. The highest BCUT2D eigenvalue weighted by atomic mass is 16.6. The van der Waals surface area contributed by atoms with Gasteiger partial charge in [0.15, 0.2) is 5.78 Å². The Morgan fingerprint density at radius 2 is 1.56 bits per heavy atom. The molecule has 0 spiro atoms. The van der Waals surface area contributed by atoms with Crippen LogP contribution in [0, 0.1) is 10.1 Å². The summed E-state index contributed by atoms with van der Waals surface area (Å²) in [5.74, 6) is 1.25. The molecule has 7 nitrogen and oxygen atoms in total. The van der Waals surface area contributed by atoms with Gasteiger partial charge < -0.3 is 14.2 Å². The maximum absolute atomic E-state index is 12.3. The van der Waals surface area contributed by atoms with Gasteiger partial charge in [0, 0.05) is 29.8 Å². The molecule has 0 aromatic heterocycles. The topological polar surface area (TPSA) is 87.9 Å². The third kappa shape index (κ3) is 4.14. The molecule has 0 aliphatic heterocycles. The van der Waals surface area contributed by atoms with Gasteiger partial charge in [0.05, 0.1) is 31.8 Å². The van der Waals surface area contributed by atoms with Crippen molar-refractivity contribution in [1.82, 2.24) is 0 Å². The summed E-state index contributed by atoms with van der Waals surface area (Å²) in [5.41, 5.74) is 0.855. The summed E-state index contributed by atoms with van der Waals surface area (Å²) in [6.45, 7) is 0. The lowest BCUT2D eigenvalue weighted by atomic mass is 10.1. The van der Waals surface area contributed by atoms with Gasteiger partial charge in [-0.05, 0) is 24.3 Å². The van der Waals surface area contributed by atoms with E-state index in [2.05, 4.69) is 0 Å². The van der Waals surface area contributed by atoms with E-state index in [0.717, 1.165) is 0 Å². The van der Waals surface area contributed by atoms with Crippen molar-refractivity contribution in [2.75, 3.05) is 21.3 Å². The fourth-order valence-electron chi connectivity index (χ4n) is 2.20. The number of nitro groups is 1. The molecule has 0 atom stereocenters. The third-order valence-corrected chi connectivity index (χ3v) is 3.52. The highest BCUT2D eigenvalue weighted by Crippen LogP contribution is 2.35. The molecule has 7 heteroatoms. The molecule has 0 aliphatic carbocycles. The Labute approximate surface area is 144 Å². The number of non-ortho nitro benzene ring substituents is 1. The Hall–Kier alpha value is -3.35. The number of ketones is 1. The largest absolute Gasteiger partial charge is 0.496 e. The smallest absolute Gasteiger partial charge is 0.269 e. The molecule has 0 saturated heterocycles. The normalized spacial score (nSPS) is 10.5. The molecule has 0 heterocycles. The number of carbonyl (C=O) groups is 1. The van der Waals surface area contributed by atoms with Crippen LogP contribution in [0.2, 0.25) is 0 Å². The van der Waals surface area contributed by atoms with Crippen LogP contribution in [0.4, 0.5) is 5.69 Å². The van der Waals surface area contributed by atoms with E-state index in [1.54, 1.807) is 18.2 Å². The maximum Gasteiger partial charge on any atom is 0.269 e. The van der Waals surface area contributed by atoms with E-state index in [4.69, 9.17) is 14.2 Å². The van der Waals surface area contributed by atoms with Gasteiger partial charge >= 0.3 is 0 Å². The summed E-state index contributed by atoms with van der Waals surface area (Å²) in [6, 6.07) is 8.75.